The number of carbonyl (C=O) groups excluding carboxylic acids is 1. The molecule has 1 aromatic carbocycles. The first-order valence-electron chi connectivity index (χ1n) is 3.65. The van der Waals surface area contributed by atoms with E-state index in [1.807, 2.05) is 24.3 Å². The average Bonchev–Trinajstić information content (AvgIpc) is 2.17. The van der Waals surface area contributed by atoms with E-state index in [4.69, 9.17) is 4.84 Å². The van der Waals surface area contributed by atoms with Gasteiger partial charge in [0.25, 0.3) is 0 Å². The maximum absolute atomic E-state index is 10.5. The van der Waals surface area contributed by atoms with Crippen LogP contribution in [0.4, 0.5) is 0 Å². The average molecular weight is 161 g/mol. The SMILES string of the molecule is O=CC1ON=Cc2ccccc21. The van der Waals surface area contributed by atoms with Gasteiger partial charge in [-0.1, -0.05) is 29.4 Å². The van der Waals surface area contributed by atoms with Gasteiger partial charge in [-0.25, -0.2) is 0 Å². The fourth-order valence-corrected chi connectivity index (χ4v) is 1.20. The molecule has 1 aromatic rings. The van der Waals surface area contributed by atoms with Gasteiger partial charge in [0.1, 0.15) is 0 Å². The third-order valence-corrected chi connectivity index (χ3v) is 1.79. The van der Waals surface area contributed by atoms with Crippen molar-refractivity contribution in [3.63, 3.8) is 0 Å². The Labute approximate surface area is 69.6 Å². The van der Waals surface area contributed by atoms with Crippen molar-refractivity contribution in [3.8, 4) is 0 Å². The smallest absolute Gasteiger partial charge is 0.208 e. The Kier molecular flexibility index (Phi) is 1.63. The van der Waals surface area contributed by atoms with Crippen molar-refractivity contribution in [1.82, 2.24) is 0 Å². The minimum Gasteiger partial charge on any atom is -0.380 e. The summed E-state index contributed by atoms with van der Waals surface area (Å²) in [4.78, 5) is 15.4. The zero-order valence-corrected chi connectivity index (χ0v) is 6.31. The van der Waals surface area contributed by atoms with Gasteiger partial charge in [-0.05, 0) is 0 Å². The molecular weight excluding hydrogens is 154 g/mol. The molecule has 0 N–H and O–H groups in total. The Morgan fingerprint density at radius 2 is 2.25 bits per heavy atom. The molecular formula is C9H7NO2. The zero-order chi connectivity index (χ0) is 8.39. The van der Waals surface area contributed by atoms with E-state index in [0.717, 1.165) is 17.4 Å². The van der Waals surface area contributed by atoms with E-state index in [-0.39, 0.29) is 0 Å². The van der Waals surface area contributed by atoms with Gasteiger partial charge in [-0.2, -0.15) is 0 Å². The topological polar surface area (TPSA) is 38.7 Å². The molecule has 1 atom stereocenters. The maximum Gasteiger partial charge on any atom is 0.208 e. The van der Waals surface area contributed by atoms with Crippen molar-refractivity contribution in [2.24, 2.45) is 5.16 Å². The molecule has 1 heterocycles. The second-order valence-corrected chi connectivity index (χ2v) is 2.53. The van der Waals surface area contributed by atoms with Gasteiger partial charge in [0, 0.05) is 11.1 Å². The summed E-state index contributed by atoms with van der Waals surface area (Å²) in [7, 11) is 0. The predicted molar refractivity (Wildman–Crippen MR) is 43.9 cm³/mol. The van der Waals surface area contributed by atoms with Crippen LogP contribution in [0.1, 0.15) is 17.2 Å². The number of aldehydes is 1. The molecule has 3 nitrogen and oxygen atoms in total. The van der Waals surface area contributed by atoms with Crippen molar-refractivity contribution in [2.45, 2.75) is 6.10 Å². The molecule has 0 saturated carbocycles. The molecule has 3 heteroatoms. The fraction of sp³-hybridized carbons (Fsp3) is 0.111. The largest absolute Gasteiger partial charge is 0.380 e. The molecule has 0 spiro atoms. The van der Waals surface area contributed by atoms with Gasteiger partial charge in [-0.15, -0.1) is 0 Å². The summed E-state index contributed by atoms with van der Waals surface area (Å²) in [6.45, 7) is 0. The van der Waals surface area contributed by atoms with E-state index in [1.54, 1.807) is 6.21 Å². The molecule has 1 aliphatic heterocycles. The van der Waals surface area contributed by atoms with E-state index in [9.17, 15) is 4.79 Å². The van der Waals surface area contributed by atoms with E-state index < -0.39 is 6.10 Å². The number of nitrogens with zero attached hydrogens (tertiary/aromatic N) is 1. The van der Waals surface area contributed by atoms with Gasteiger partial charge in [0.15, 0.2) is 6.29 Å². The summed E-state index contributed by atoms with van der Waals surface area (Å²) in [5, 5.41) is 3.61. The Bertz CT molecular complexity index is 333. The van der Waals surface area contributed by atoms with Crippen molar-refractivity contribution in [1.29, 1.82) is 0 Å². The summed E-state index contributed by atoms with van der Waals surface area (Å²) in [5.41, 5.74) is 1.82. The minimum atomic E-state index is -0.536. The van der Waals surface area contributed by atoms with E-state index in [1.165, 1.54) is 0 Å². The lowest BCUT2D eigenvalue weighted by atomic mass is 10.0. The van der Waals surface area contributed by atoms with Crippen molar-refractivity contribution in [3.05, 3.63) is 35.4 Å². The molecule has 60 valence electrons. The molecule has 0 saturated heterocycles. The standard InChI is InChI=1S/C9H7NO2/c11-6-9-8-4-2-1-3-7(8)5-10-12-9/h1-6,9H. The lowest BCUT2D eigenvalue weighted by molar-refractivity contribution is -0.118. The highest BCUT2D eigenvalue weighted by Gasteiger charge is 2.17. The van der Waals surface area contributed by atoms with Crippen molar-refractivity contribution >= 4 is 12.5 Å². The molecule has 0 bridgehead atoms. The van der Waals surface area contributed by atoms with Crippen molar-refractivity contribution < 1.29 is 9.63 Å². The number of benzene rings is 1. The molecule has 1 unspecified atom stereocenters. The lowest BCUT2D eigenvalue weighted by Crippen LogP contribution is -2.09. The molecule has 0 amide bonds. The molecule has 12 heavy (non-hydrogen) atoms. The van der Waals surface area contributed by atoms with Gasteiger partial charge in [-0.3, -0.25) is 4.79 Å². The van der Waals surface area contributed by atoms with E-state index in [2.05, 4.69) is 5.16 Å². The summed E-state index contributed by atoms with van der Waals surface area (Å²) >= 11 is 0. The normalized spacial score (nSPS) is 19.5. The Balaban J connectivity index is 2.52. The number of carbonyl (C=O) groups is 1. The van der Waals surface area contributed by atoms with Crippen LogP contribution in [0.5, 0.6) is 0 Å². The van der Waals surface area contributed by atoms with Crippen LogP contribution in [0.2, 0.25) is 0 Å². The van der Waals surface area contributed by atoms with Gasteiger partial charge >= 0.3 is 0 Å². The second-order valence-electron chi connectivity index (χ2n) is 2.53. The summed E-state index contributed by atoms with van der Waals surface area (Å²) in [6, 6.07) is 7.54. The number of hydrogen-bond donors (Lipinski definition) is 0. The fourth-order valence-electron chi connectivity index (χ4n) is 1.20. The van der Waals surface area contributed by atoms with Crippen LogP contribution in [0, 0.1) is 0 Å². The van der Waals surface area contributed by atoms with Crippen LogP contribution in [0.3, 0.4) is 0 Å². The lowest BCUT2D eigenvalue weighted by Gasteiger charge is -2.14. The Hall–Kier alpha value is -1.64. The van der Waals surface area contributed by atoms with Gasteiger partial charge in [0.05, 0.1) is 6.21 Å². The van der Waals surface area contributed by atoms with Crippen LogP contribution >= 0.6 is 0 Å². The third-order valence-electron chi connectivity index (χ3n) is 1.79. The molecule has 0 aromatic heterocycles. The first kappa shape index (κ1) is 7.03. The number of rotatable bonds is 1. The van der Waals surface area contributed by atoms with Crippen LogP contribution < -0.4 is 0 Å². The zero-order valence-electron chi connectivity index (χ0n) is 6.31. The highest BCUT2D eigenvalue weighted by Crippen LogP contribution is 2.21. The number of oxime groups is 1. The monoisotopic (exact) mass is 161 g/mol. The Morgan fingerprint density at radius 3 is 3.08 bits per heavy atom. The maximum atomic E-state index is 10.5. The van der Waals surface area contributed by atoms with Crippen LogP contribution in [0.25, 0.3) is 0 Å². The Morgan fingerprint density at radius 1 is 1.42 bits per heavy atom. The first-order valence-corrected chi connectivity index (χ1v) is 3.65. The van der Waals surface area contributed by atoms with Crippen LogP contribution in [-0.2, 0) is 9.63 Å². The summed E-state index contributed by atoms with van der Waals surface area (Å²) in [6.07, 6.45) is 1.82. The summed E-state index contributed by atoms with van der Waals surface area (Å²) < 4.78 is 0. The summed E-state index contributed by atoms with van der Waals surface area (Å²) in [5.74, 6) is 0. The molecule has 0 aliphatic carbocycles. The predicted octanol–water partition coefficient (Wildman–Crippen LogP) is 1.29. The number of hydrogen-bond acceptors (Lipinski definition) is 3. The molecule has 1 aliphatic rings. The minimum absolute atomic E-state index is 0.536. The van der Waals surface area contributed by atoms with Crippen LogP contribution in [-0.4, -0.2) is 12.5 Å². The first-order chi connectivity index (χ1) is 5.92. The highest BCUT2D eigenvalue weighted by atomic mass is 16.6. The highest BCUT2D eigenvalue weighted by molar-refractivity contribution is 5.84. The van der Waals surface area contributed by atoms with E-state index in [0.29, 0.717) is 0 Å². The second kappa shape index (κ2) is 2.77. The molecule has 0 fully saturated rings. The van der Waals surface area contributed by atoms with Crippen LogP contribution in [0.15, 0.2) is 29.4 Å². The third kappa shape index (κ3) is 0.993. The van der Waals surface area contributed by atoms with Gasteiger partial charge < -0.3 is 4.84 Å². The quantitative estimate of drug-likeness (QED) is 0.582. The molecule has 0 radical (unpaired) electrons. The van der Waals surface area contributed by atoms with E-state index >= 15 is 0 Å². The van der Waals surface area contributed by atoms with Gasteiger partial charge in [0.2, 0.25) is 6.10 Å². The number of fused-ring (bicyclic) bond motifs is 1. The molecule has 2 rings (SSSR count). The van der Waals surface area contributed by atoms with Crippen molar-refractivity contribution in [2.75, 3.05) is 0 Å².